The van der Waals surface area contributed by atoms with Crippen LogP contribution in [0.3, 0.4) is 0 Å². The van der Waals surface area contributed by atoms with Crippen LogP contribution in [0.15, 0.2) is 34.6 Å². The van der Waals surface area contributed by atoms with Crippen molar-refractivity contribution in [1.82, 2.24) is 4.98 Å². The fraction of sp³-hybridized carbons (Fsp3) is 0.308. The van der Waals surface area contributed by atoms with Gasteiger partial charge in [0.05, 0.1) is 24.0 Å². The van der Waals surface area contributed by atoms with Gasteiger partial charge in [-0.1, -0.05) is 0 Å². The third-order valence-electron chi connectivity index (χ3n) is 2.55. The number of rotatable bonds is 4. The molecule has 18 heavy (non-hydrogen) atoms. The molecule has 5 nitrogen and oxygen atoms in total. The zero-order chi connectivity index (χ0) is 13.7. The van der Waals surface area contributed by atoms with E-state index in [1.165, 1.54) is 14.0 Å². The predicted molar refractivity (Wildman–Crippen MR) is 69.0 cm³/mol. The van der Waals surface area contributed by atoms with E-state index in [2.05, 4.69) is 9.98 Å². The molecule has 0 bridgehead atoms. The molecule has 1 N–H and O–H groups in total. The molecule has 0 unspecified atom stereocenters. The number of allylic oxidation sites excluding steroid dienone is 1. The molecular weight excluding hydrogens is 232 g/mol. The van der Waals surface area contributed by atoms with Crippen LogP contribution in [0, 0.1) is 0 Å². The molecule has 96 valence electrons. The molecular formula is C13H16N2O3. The van der Waals surface area contributed by atoms with E-state index in [9.17, 15) is 4.79 Å². The zero-order valence-corrected chi connectivity index (χ0v) is 10.9. The van der Waals surface area contributed by atoms with Gasteiger partial charge < -0.3 is 9.84 Å². The summed E-state index contributed by atoms with van der Waals surface area (Å²) in [5.74, 6) is -0.498. The number of carboxylic acid groups (broad SMARTS) is 1. The topological polar surface area (TPSA) is 71.8 Å². The summed E-state index contributed by atoms with van der Waals surface area (Å²) >= 11 is 0. The van der Waals surface area contributed by atoms with Crippen LogP contribution in [0.25, 0.3) is 0 Å². The van der Waals surface area contributed by atoms with Crippen LogP contribution in [-0.2, 0) is 4.79 Å². The molecule has 1 heterocycles. The number of nitrogens with zero attached hydrogens (tertiary/aromatic N) is 2. The van der Waals surface area contributed by atoms with Crippen LogP contribution in [0.2, 0.25) is 0 Å². The molecule has 1 rings (SSSR count). The third-order valence-corrected chi connectivity index (χ3v) is 2.55. The van der Waals surface area contributed by atoms with Gasteiger partial charge >= 0.3 is 5.97 Å². The van der Waals surface area contributed by atoms with E-state index in [0.717, 1.165) is 5.56 Å². The predicted octanol–water partition coefficient (Wildman–Crippen LogP) is 2.28. The van der Waals surface area contributed by atoms with Gasteiger partial charge in [0.1, 0.15) is 0 Å². The van der Waals surface area contributed by atoms with Crippen molar-refractivity contribution >= 4 is 11.7 Å². The molecule has 0 atom stereocenters. The highest BCUT2D eigenvalue weighted by Crippen LogP contribution is 2.16. The van der Waals surface area contributed by atoms with Crippen molar-refractivity contribution in [3.05, 3.63) is 35.2 Å². The monoisotopic (exact) mass is 248 g/mol. The second-order valence-electron chi connectivity index (χ2n) is 3.77. The van der Waals surface area contributed by atoms with Crippen molar-refractivity contribution in [2.75, 3.05) is 7.11 Å². The first-order valence-corrected chi connectivity index (χ1v) is 5.42. The number of ether oxygens (including phenoxy) is 1. The smallest absolute Gasteiger partial charge is 0.333 e. The standard InChI is InChI=1S/C13H16N2O3/c1-8(13(16)17)9(2)15-10(3)11-6-5-7-14-12(11)18-4/h5-7H,1-4H3,(H,16,17)/b9-8+,15-10+. The highest BCUT2D eigenvalue weighted by Gasteiger charge is 2.09. The Morgan fingerprint density at radius 1 is 1.39 bits per heavy atom. The Hall–Kier alpha value is -2.17. The Morgan fingerprint density at radius 3 is 2.61 bits per heavy atom. The maximum Gasteiger partial charge on any atom is 0.333 e. The summed E-state index contributed by atoms with van der Waals surface area (Å²) in [7, 11) is 1.53. The first kappa shape index (κ1) is 13.9. The maximum atomic E-state index is 10.8. The van der Waals surface area contributed by atoms with Gasteiger partial charge in [0.2, 0.25) is 5.88 Å². The molecule has 1 aromatic rings. The van der Waals surface area contributed by atoms with Gasteiger partial charge in [-0.3, -0.25) is 4.99 Å². The molecule has 0 aromatic carbocycles. The van der Waals surface area contributed by atoms with E-state index in [1.54, 1.807) is 26.1 Å². The van der Waals surface area contributed by atoms with Crippen molar-refractivity contribution < 1.29 is 14.6 Å². The van der Waals surface area contributed by atoms with Crippen LogP contribution < -0.4 is 4.74 Å². The van der Waals surface area contributed by atoms with E-state index in [1.807, 2.05) is 6.07 Å². The van der Waals surface area contributed by atoms with E-state index >= 15 is 0 Å². The van der Waals surface area contributed by atoms with Gasteiger partial charge in [-0.05, 0) is 32.9 Å². The Labute approximate surface area is 106 Å². The van der Waals surface area contributed by atoms with Crippen molar-refractivity contribution in [1.29, 1.82) is 0 Å². The first-order chi connectivity index (χ1) is 8.47. The van der Waals surface area contributed by atoms with Crippen LogP contribution in [0.4, 0.5) is 0 Å². The zero-order valence-electron chi connectivity index (χ0n) is 10.9. The molecule has 0 aliphatic rings. The van der Waals surface area contributed by atoms with Gasteiger partial charge in [0.15, 0.2) is 0 Å². The minimum atomic E-state index is -0.970. The summed E-state index contributed by atoms with van der Waals surface area (Å²) in [5.41, 5.74) is 2.10. The van der Waals surface area contributed by atoms with Gasteiger partial charge in [0.25, 0.3) is 0 Å². The lowest BCUT2D eigenvalue weighted by molar-refractivity contribution is -0.132. The molecule has 0 saturated carbocycles. The summed E-state index contributed by atoms with van der Waals surface area (Å²) in [6, 6.07) is 3.61. The lowest BCUT2D eigenvalue weighted by atomic mass is 10.1. The van der Waals surface area contributed by atoms with Gasteiger partial charge in [-0.2, -0.15) is 0 Å². The largest absolute Gasteiger partial charge is 0.481 e. The first-order valence-electron chi connectivity index (χ1n) is 5.42. The molecule has 0 spiro atoms. The molecule has 0 aliphatic carbocycles. The number of hydrogen-bond donors (Lipinski definition) is 1. The average molecular weight is 248 g/mol. The molecule has 1 aromatic heterocycles. The Morgan fingerprint density at radius 2 is 2.06 bits per heavy atom. The number of aromatic nitrogens is 1. The number of aliphatic imine (C=N–C) groups is 1. The normalized spacial score (nSPS) is 13.0. The van der Waals surface area contributed by atoms with Crippen molar-refractivity contribution in [2.45, 2.75) is 20.8 Å². The summed E-state index contributed by atoms with van der Waals surface area (Å²) in [4.78, 5) is 19.2. The lowest BCUT2D eigenvalue weighted by Crippen LogP contribution is -2.03. The van der Waals surface area contributed by atoms with Crippen molar-refractivity contribution in [3.8, 4) is 5.88 Å². The quantitative estimate of drug-likeness (QED) is 0.655. The van der Waals surface area contributed by atoms with Crippen LogP contribution in [0.1, 0.15) is 26.3 Å². The van der Waals surface area contributed by atoms with Gasteiger partial charge in [-0.25, -0.2) is 9.78 Å². The summed E-state index contributed by atoms with van der Waals surface area (Å²) in [6.07, 6.45) is 1.63. The van der Waals surface area contributed by atoms with Gasteiger partial charge in [0, 0.05) is 11.9 Å². The minimum absolute atomic E-state index is 0.220. The molecule has 5 heteroatoms. The summed E-state index contributed by atoms with van der Waals surface area (Å²) in [6.45, 7) is 4.98. The molecule has 0 amide bonds. The van der Waals surface area contributed by atoms with Crippen LogP contribution in [0.5, 0.6) is 5.88 Å². The second kappa shape index (κ2) is 5.95. The molecule has 0 saturated heterocycles. The highest BCUT2D eigenvalue weighted by molar-refractivity contribution is 6.01. The molecule has 0 fully saturated rings. The van der Waals surface area contributed by atoms with E-state index in [-0.39, 0.29) is 5.57 Å². The Balaban J connectivity index is 3.18. The van der Waals surface area contributed by atoms with Crippen molar-refractivity contribution in [2.24, 2.45) is 4.99 Å². The minimum Gasteiger partial charge on any atom is -0.481 e. The summed E-state index contributed by atoms with van der Waals surface area (Å²) < 4.78 is 5.13. The summed E-state index contributed by atoms with van der Waals surface area (Å²) in [5, 5.41) is 8.87. The number of carboxylic acids is 1. The number of aliphatic carboxylic acids is 1. The Kier molecular flexibility index (Phi) is 4.59. The molecule has 0 aliphatic heterocycles. The maximum absolute atomic E-state index is 10.8. The van der Waals surface area contributed by atoms with Gasteiger partial charge in [-0.15, -0.1) is 0 Å². The Bertz CT molecular complexity index is 519. The third kappa shape index (κ3) is 3.16. The van der Waals surface area contributed by atoms with E-state index < -0.39 is 5.97 Å². The van der Waals surface area contributed by atoms with Crippen LogP contribution in [-0.4, -0.2) is 28.9 Å². The average Bonchev–Trinajstić information content (AvgIpc) is 2.37. The fourth-order valence-corrected chi connectivity index (χ4v) is 1.38. The van der Waals surface area contributed by atoms with E-state index in [4.69, 9.17) is 9.84 Å². The van der Waals surface area contributed by atoms with Crippen LogP contribution >= 0.6 is 0 Å². The van der Waals surface area contributed by atoms with Crippen molar-refractivity contribution in [3.63, 3.8) is 0 Å². The SMILES string of the molecule is COc1ncccc1/C(C)=N/C(C)=C(\C)C(=O)O. The van der Waals surface area contributed by atoms with E-state index in [0.29, 0.717) is 17.3 Å². The number of methoxy groups -OCH3 is 1. The number of pyridine rings is 1. The lowest BCUT2D eigenvalue weighted by Gasteiger charge is -2.07. The fourth-order valence-electron chi connectivity index (χ4n) is 1.38. The highest BCUT2D eigenvalue weighted by atomic mass is 16.5. The number of hydrogen-bond acceptors (Lipinski definition) is 4. The molecule has 0 radical (unpaired) electrons. The number of carbonyl (C=O) groups is 1. The second-order valence-corrected chi connectivity index (χ2v) is 3.77.